The van der Waals surface area contributed by atoms with Crippen LogP contribution >= 0.6 is 0 Å². The van der Waals surface area contributed by atoms with Gasteiger partial charge in [0.1, 0.15) is 12.4 Å². The van der Waals surface area contributed by atoms with Crippen LogP contribution in [0.5, 0.6) is 0 Å². The molecule has 0 bridgehead atoms. The summed E-state index contributed by atoms with van der Waals surface area (Å²) in [7, 11) is 0. The Morgan fingerprint density at radius 1 is 1.06 bits per heavy atom. The minimum absolute atomic E-state index is 0.0899. The van der Waals surface area contributed by atoms with Gasteiger partial charge in [-0.25, -0.2) is 9.59 Å². The molecule has 11 heteroatoms. The lowest BCUT2D eigenvalue weighted by atomic mass is 9.83. The fourth-order valence-corrected chi connectivity index (χ4v) is 8.20. The van der Waals surface area contributed by atoms with E-state index in [0.29, 0.717) is 61.1 Å². The number of aliphatic imine (C=N–C) groups is 1. The molecule has 0 spiro atoms. The SMILES string of the molecule is CCC(=O)O[C@]1(CC)C(=O)OCc2c1cc1n(c2=O)CC2=C(CC)C3=CC(OC(=O)N4CCC(N5CCCCC5)CC4)=CCC3N=C21. The van der Waals surface area contributed by atoms with Crippen LogP contribution in [-0.2, 0) is 42.6 Å². The smallest absolute Gasteiger partial charge is 0.415 e. The van der Waals surface area contributed by atoms with Crippen LogP contribution in [0.3, 0.4) is 0 Å². The van der Waals surface area contributed by atoms with Crippen molar-refractivity contribution < 1.29 is 28.6 Å². The molecule has 1 aliphatic carbocycles. The highest BCUT2D eigenvalue weighted by Crippen LogP contribution is 2.42. The third-order valence-corrected chi connectivity index (χ3v) is 10.8. The first-order valence-corrected chi connectivity index (χ1v) is 17.4. The number of aromatic nitrogens is 1. The summed E-state index contributed by atoms with van der Waals surface area (Å²) in [6.45, 7) is 9.39. The van der Waals surface area contributed by atoms with Gasteiger partial charge in [0.15, 0.2) is 0 Å². The molecule has 250 valence electrons. The molecular weight excluding hydrogens is 600 g/mol. The van der Waals surface area contributed by atoms with E-state index in [2.05, 4.69) is 11.8 Å². The summed E-state index contributed by atoms with van der Waals surface area (Å²) < 4.78 is 18.8. The van der Waals surface area contributed by atoms with Gasteiger partial charge in [0, 0.05) is 36.7 Å². The number of allylic oxidation sites excluding steroid dienone is 2. The highest BCUT2D eigenvalue weighted by molar-refractivity contribution is 6.15. The number of fused-ring (bicyclic) bond motifs is 5. The third-order valence-electron chi connectivity index (χ3n) is 10.8. The second-order valence-electron chi connectivity index (χ2n) is 13.3. The maximum Gasteiger partial charge on any atom is 0.415 e. The second kappa shape index (κ2) is 12.6. The van der Waals surface area contributed by atoms with Crippen molar-refractivity contribution in [2.24, 2.45) is 4.99 Å². The van der Waals surface area contributed by atoms with Crippen molar-refractivity contribution in [3.63, 3.8) is 0 Å². The maximum atomic E-state index is 13.9. The molecule has 5 aliphatic heterocycles. The molecular formula is C36H44N4O7. The van der Waals surface area contributed by atoms with Crippen LogP contribution in [0.1, 0.15) is 95.4 Å². The number of rotatable bonds is 6. The Bertz CT molecular complexity index is 1690. The molecule has 1 aromatic rings. The minimum Gasteiger partial charge on any atom is -0.457 e. The average Bonchev–Trinajstić information content (AvgIpc) is 3.47. The molecule has 1 amide bonds. The predicted molar refractivity (Wildman–Crippen MR) is 174 cm³/mol. The van der Waals surface area contributed by atoms with Crippen LogP contribution in [0.2, 0.25) is 0 Å². The van der Waals surface area contributed by atoms with Crippen LogP contribution < -0.4 is 5.56 Å². The number of likely N-dealkylation sites (tertiary alicyclic amines) is 2. The lowest BCUT2D eigenvalue weighted by molar-refractivity contribution is -0.189. The first-order chi connectivity index (χ1) is 22.8. The second-order valence-corrected chi connectivity index (χ2v) is 13.3. The van der Waals surface area contributed by atoms with Crippen molar-refractivity contribution in [1.82, 2.24) is 14.4 Å². The predicted octanol–water partition coefficient (Wildman–Crippen LogP) is 4.66. The standard InChI is InChI=1S/C36H44N4O7/c1-4-24-25-18-23(46-35(44)39-16-12-22(13-17-39)38-14-8-7-9-15-38)10-11-29(25)37-32-26(24)20-40-30(32)19-28-27(33(40)42)21-45-34(43)36(28,6-3)47-31(41)5-2/h10,18-19,22,29H,4-9,11-17,20-21H2,1-3H3/t29?,36-/m0/s1. The fraction of sp³-hybridized carbons (Fsp3) is 0.583. The van der Waals surface area contributed by atoms with E-state index in [1.54, 1.807) is 24.5 Å². The van der Waals surface area contributed by atoms with E-state index in [0.717, 1.165) is 35.3 Å². The van der Waals surface area contributed by atoms with Crippen LogP contribution in [-0.4, -0.2) is 76.4 Å². The zero-order valence-electron chi connectivity index (χ0n) is 27.6. The highest BCUT2D eigenvalue weighted by atomic mass is 16.6. The van der Waals surface area contributed by atoms with E-state index < -0.39 is 17.5 Å². The molecule has 0 saturated carbocycles. The summed E-state index contributed by atoms with van der Waals surface area (Å²) >= 11 is 0. The van der Waals surface area contributed by atoms with Crippen LogP contribution in [0.25, 0.3) is 0 Å². The van der Waals surface area contributed by atoms with Gasteiger partial charge in [0.25, 0.3) is 5.56 Å². The van der Waals surface area contributed by atoms with Gasteiger partial charge in [0.05, 0.1) is 29.6 Å². The minimum atomic E-state index is -1.68. The molecule has 0 aromatic carbocycles. The van der Waals surface area contributed by atoms with Crippen molar-refractivity contribution in [3.05, 3.63) is 67.9 Å². The van der Waals surface area contributed by atoms with E-state index in [-0.39, 0.29) is 37.1 Å². The number of hydrogen-bond donors (Lipinski definition) is 0. The van der Waals surface area contributed by atoms with Crippen molar-refractivity contribution >= 4 is 23.7 Å². The van der Waals surface area contributed by atoms with E-state index >= 15 is 0 Å². The summed E-state index contributed by atoms with van der Waals surface area (Å²) in [6.07, 6.45) is 10.9. The molecule has 1 aromatic heterocycles. The molecule has 11 nitrogen and oxygen atoms in total. The number of ether oxygens (including phenoxy) is 3. The Hall–Kier alpha value is -3.99. The van der Waals surface area contributed by atoms with E-state index in [1.807, 2.05) is 17.1 Å². The van der Waals surface area contributed by atoms with Crippen LogP contribution in [0, 0.1) is 0 Å². The lowest BCUT2D eigenvalue weighted by Crippen LogP contribution is -2.48. The van der Waals surface area contributed by atoms with Gasteiger partial charge in [-0.3, -0.25) is 14.6 Å². The van der Waals surface area contributed by atoms with Gasteiger partial charge < -0.3 is 28.6 Å². The van der Waals surface area contributed by atoms with Crippen LogP contribution in [0.4, 0.5) is 4.79 Å². The summed E-state index contributed by atoms with van der Waals surface area (Å²) in [5.41, 5.74) is 3.12. The zero-order chi connectivity index (χ0) is 32.9. The summed E-state index contributed by atoms with van der Waals surface area (Å²) in [6, 6.07) is 2.16. The normalized spacial score (nSPS) is 25.9. The summed E-state index contributed by atoms with van der Waals surface area (Å²) in [5, 5.41) is 0. The molecule has 7 rings (SSSR count). The highest BCUT2D eigenvalue weighted by Gasteiger charge is 2.50. The Labute approximate surface area is 274 Å². The van der Waals surface area contributed by atoms with E-state index in [4.69, 9.17) is 19.2 Å². The molecule has 6 aliphatic rings. The molecule has 6 heterocycles. The number of carbonyl (C=O) groups is 3. The number of piperidine rings is 2. The number of nitrogens with zero attached hydrogens (tertiary/aromatic N) is 4. The van der Waals surface area contributed by atoms with Crippen LogP contribution in [0.15, 0.2) is 50.5 Å². The number of esters is 2. The van der Waals surface area contributed by atoms with Crippen molar-refractivity contribution in [3.8, 4) is 0 Å². The van der Waals surface area contributed by atoms with Gasteiger partial charge in [-0.05, 0) is 87.4 Å². The van der Waals surface area contributed by atoms with Crippen molar-refractivity contribution in [1.29, 1.82) is 0 Å². The summed E-state index contributed by atoms with van der Waals surface area (Å²) in [5.74, 6) is -0.666. The van der Waals surface area contributed by atoms with Crippen molar-refractivity contribution in [2.75, 3.05) is 26.2 Å². The monoisotopic (exact) mass is 644 g/mol. The molecule has 0 radical (unpaired) electrons. The Morgan fingerprint density at radius 2 is 1.83 bits per heavy atom. The van der Waals surface area contributed by atoms with Gasteiger partial charge in [0.2, 0.25) is 5.60 Å². The van der Waals surface area contributed by atoms with Gasteiger partial charge >= 0.3 is 18.0 Å². The molecule has 0 N–H and O–H groups in total. The largest absolute Gasteiger partial charge is 0.457 e. The average molecular weight is 645 g/mol. The first-order valence-electron chi connectivity index (χ1n) is 17.4. The molecule has 1 unspecified atom stereocenters. The third kappa shape index (κ3) is 5.36. The molecule has 2 fully saturated rings. The number of pyridine rings is 1. The number of cyclic esters (lactones) is 1. The number of carbonyl (C=O) groups excluding carboxylic acids is 3. The number of hydrogen-bond acceptors (Lipinski definition) is 9. The Balaban J connectivity index is 1.13. The molecule has 2 atom stereocenters. The van der Waals surface area contributed by atoms with E-state index in [9.17, 15) is 19.2 Å². The number of amides is 1. The van der Waals surface area contributed by atoms with Crippen molar-refractivity contribution in [2.45, 2.75) is 109 Å². The van der Waals surface area contributed by atoms with Gasteiger partial charge in [-0.1, -0.05) is 27.2 Å². The fourth-order valence-electron chi connectivity index (χ4n) is 8.20. The number of dihydropyridines is 1. The zero-order valence-corrected chi connectivity index (χ0v) is 27.6. The molecule has 2 saturated heterocycles. The lowest BCUT2D eigenvalue weighted by Gasteiger charge is -2.39. The first kappa shape index (κ1) is 31.6. The topological polar surface area (TPSA) is 120 Å². The Morgan fingerprint density at radius 3 is 2.53 bits per heavy atom. The van der Waals surface area contributed by atoms with Gasteiger partial charge in [-0.2, -0.15) is 0 Å². The summed E-state index contributed by atoms with van der Waals surface area (Å²) in [4.78, 5) is 62.3. The Kier molecular flexibility index (Phi) is 8.44. The quantitative estimate of drug-likeness (QED) is 0.324. The molecule has 47 heavy (non-hydrogen) atoms. The van der Waals surface area contributed by atoms with E-state index in [1.165, 1.54) is 32.4 Å². The van der Waals surface area contributed by atoms with Gasteiger partial charge in [-0.15, -0.1) is 0 Å². The maximum absolute atomic E-state index is 13.9.